The van der Waals surface area contributed by atoms with Crippen molar-refractivity contribution in [1.82, 2.24) is 4.31 Å². The van der Waals surface area contributed by atoms with Gasteiger partial charge in [0.2, 0.25) is 10.0 Å². The minimum absolute atomic E-state index is 0.116. The van der Waals surface area contributed by atoms with Gasteiger partial charge in [-0.2, -0.15) is 17.5 Å². The van der Waals surface area contributed by atoms with E-state index in [0.29, 0.717) is 17.1 Å². The highest BCUT2D eigenvalue weighted by Crippen LogP contribution is 2.42. The molecule has 1 heterocycles. The summed E-state index contributed by atoms with van der Waals surface area (Å²) in [4.78, 5) is 0. The molecule has 0 amide bonds. The van der Waals surface area contributed by atoms with E-state index in [-0.39, 0.29) is 13.0 Å². The standard InChI is InChI=1S/C8H15F3N2O2S/c1-16(14,15)13-5-3-2-4-7(13,6-12)8(9,10)11/h2-6,12H2,1H3. The van der Waals surface area contributed by atoms with Gasteiger partial charge < -0.3 is 5.73 Å². The van der Waals surface area contributed by atoms with Gasteiger partial charge in [-0.1, -0.05) is 0 Å². The molecule has 1 fully saturated rings. The Morgan fingerprint density at radius 3 is 2.25 bits per heavy atom. The smallest absolute Gasteiger partial charge is 0.328 e. The predicted octanol–water partition coefficient (Wildman–Crippen LogP) is 0.692. The summed E-state index contributed by atoms with van der Waals surface area (Å²) in [6, 6.07) is 0. The molecule has 0 aliphatic carbocycles. The molecule has 1 aliphatic heterocycles. The molecule has 8 heteroatoms. The topological polar surface area (TPSA) is 63.4 Å². The molecule has 0 spiro atoms. The number of alkyl halides is 3. The Morgan fingerprint density at radius 1 is 1.38 bits per heavy atom. The van der Waals surface area contributed by atoms with Crippen LogP contribution in [-0.4, -0.2) is 43.8 Å². The number of nitrogens with two attached hydrogens (primary N) is 1. The third-order valence-corrected chi connectivity index (χ3v) is 4.28. The van der Waals surface area contributed by atoms with E-state index in [4.69, 9.17) is 5.73 Å². The first-order chi connectivity index (χ1) is 7.15. The number of nitrogens with zero attached hydrogens (tertiary/aromatic N) is 1. The zero-order valence-electron chi connectivity index (χ0n) is 8.92. The third-order valence-electron chi connectivity index (χ3n) is 2.94. The summed E-state index contributed by atoms with van der Waals surface area (Å²) >= 11 is 0. The SMILES string of the molecule is CS(=O)(=O)N1CCCCC1(CN)C(F)(F)F. The van der Waals surface area contributed by atoms with E-state index >= 15 is 0 Å². The molecule has 1 rings (SSSR count). The Balaban J connectivity index is 3.23. The van der Waals surface area contributed by atoms with Gasteiger partial charge in [-0.3, -0.25) is 0 Å². The van der Waals surface area contributed by atoms with Crippen LogP contribution in [0, 0.1) is 0 Å². The van der Waals surface area contributed by atoms with Crippen LogP contribution in [0.1, 0.15) is 19.3 Å². The molecule has 1 atom stereocenters. The van der Waals surface area contributed by atoms with E-state index in [1.807, 2.05) is 0 Å². The van der Waals surface area contributed by atoms with E-state index in [9.17, 15) is 21.6 Å². The van der Waals surface area contributed by atoms with Crippen LogP contribution in [0.2, 0.25) is 0 Å². The highest BCUT2D eigenvalue weighted by atomic mass is 32.2. The molecular weight excluding hydrogens is 245 g/mol. The summed E-state index contributed by atoms with van der Waals surface area (Å²) in [6.07, 6.45) is -3.34. The maximum absolute atomic E-state index is 13.0. The molecule has 1 unspecified atom stereocenters. The van der Waals surface area contributed by atoms with Gasteiger partial charge in [0, 0.05) is 13.1 Å². The second-order valence-electron chi connectivity index (χ2n) is 4.03. The zero-order valence-corrected chi connectivity index (χ0v) is 9.74. The molecule has 1 saturated heterocycles. The molecule has 2 N–H and O–H groups in total. The van der Waals surface area contributed by atoms with Gasteiger partial charge in [0.25, 0.3) is 0 Å². The largest absolute Gasteiger partial charge is 0.409 e. The van der Waals surface area contributed by atoms with Crippen molar-refractivity contribution in [3.63, 3.8) is 0 Å². The van der Waals surface area contributed by atoms with Crippen molar-refractivity contribution in [2.45, 2.75) is 31.0 Å². The molecule has 96 valence electrons. The van der Waals surface area contributed by atoms with E-state index in [2.05, 4.69) is 0 Å². The van der Waals surface area contributed by atoms with Crippen LogP contribution < -0.4 is 5.73 Å². The summed E-state index contributed by atoms with van der Waals surface area (Å²) in [5.41, 5.74) is 2.77. The molecule has 0 aromatic carbocycles. The minimum atomic E-state index is -4.63. The van der Waals surface area contributed by atoms with E-state index < -0.39 is 28.3 Å². The van der Waals surface area contributed by atoms with Crippen LogP contribution in [0.3, 0.4) is 0 Å². The van der Waals surface area contributed by atoms with Crippen LogP contribution in [0.25, 0.3) is 0 Å². The lowest BCUT2D eigenvalue weighted by molar-refractivity contribution is -0.221. The first-order valence-corrected chi connectivity index (χ1v) is 6.74. The van der Waals surface area contributed by atoms with Crippen molar-refractivity contribution in [2.24, 2.45) is 5.73 Å². The van der Waals surface area contributed by atoms with Crippen LogP contribution in [0.15, 0.2) is 0 Å². The van der Waals surface area contributed by atoms with Crippen molar-refractivity contribution >= 4 is 10.0 Å². The number of rotatable bonds is 2. The van der Waals surface area contributed by atoms with Crippen molar-refractivity contribution < 1.29 is 21.6 Å². The maximum Gasteiger partial charge on any atom is 0.409 e. The van der Waals surface area contributed by atoms with E-state index in [1.165, 1.54) is 0 Å². The Morgan fingerprint density at radius 2 is 1.94 bits per heavy atom. The number of halogens is 3. The van der Waals surface area contributed by atoms with Gasteiger partial charge >= 0.3 is 6.18 Å². The van der Waals surface area contributed by atoms with Gasteiger partial charge in [0.15, 0.2) is 0 Å². The quantitative estimate of drug-likeness (QED) is 0.794. The number of hydrogen-bond acceptors (Lipinski definition) is 3. The first kappa shape index (κ1) is 13.7. The Bertz CT molecular complexity index is 355. The van der Waals surface area contributed by atoms with Crippen LogP contribution >= 0.6 is 0 Å². The van der Waals surface area contributed by atoms with Gasteiger partial charge in [-0.05, 0) is 19.3 Å². The lowest BCUT2D eigenvalue weighted by atomic mass is 9.88. The highest BCUT2D eigenvalue weighted by molar-refractivity contribution is 7.88. The summed E-state index contributed by atoms with van der Waals surface area (Å²) in [5.74, 6) is 0. The maximum atomic E-state index is 13.0. The molecule has 4 nitrogen and oxygen atoms in total. The summed E-state index contributed by atoms with van der Waals surface area (Å²) in [5, 5.41) is 0. The highest BCUT2D eigenvalue weighted by Gasteiger charge is 2.60. The average Bonchev–Trinajstić information content (AvgIpc) is 2.14. The van der Waals surface area contributed by atoms with Crippen LogP contribution in [0.4, 0.5) is 13.2 Å². The minimum Gasteiger partial charge on any atom is -0.328 e. The number of piperidine rings is 1. The Labute approximate surface area is 92.6 Å². The van der Waals surface area contributed by atoms with Crippen LogP contribution in [-0.2, 0) is 10.0 Å². The first-order valence-electron chi connectivity index (χ1n) is 4.90. The van der Waals surface area contributed by atoms with Gasteiger partial charge in [-0.25, -0.2) is 8.42 Å². The molecular formula is C8H15F3N2O2S. The number of hydrogen-bond donors (Lipinski definition) is 1. The van der Waals surface area contributed by atoms with Crippen LogP contribution in [0.5, 0.6) is 0 Å². The molecule has 1 aliphatic rings. The molecule has 0 radical (unpaired) electrons. The zero-order chi connectivity index (χ0) is 12.6. The van der Waals surface area contributed by atoms with Crippen molar-refractivity contribution in [1.29, 1.82) is 0 Å². The predicted molar refractivity (Wildman–Crippen MR) is 53.2 cm³/mol. The fourth-order valence-electron chi connectivity index (χ4n) is 2.10. The molecule has 0 aromatic heterocycles. The van der Waals surface area contributed by atoms with Crippen molar-refractivity contribution in [3.8, 4) is 0 Å². The van der Waals surface area contributed by atoms with Crippen molar-refractivity contribution in [2.75, 3.05) is 19.3 Å². The third kappa shape index (κ3) is 2.18. The second-order valence-corrected chi connectivity index (χ2v) is 5.93. The van der Waals surface area contributed by atoms with Gasteiger partial charge in [0.1, 0.15) is 5.54 Å². The normalized spacial score (nSPS) is 29.3. The van der Waals surface area contributed by atoms with E-state index in [1.54, 1.807) is 0 Å². The Hall–Kier alpha value is -0.340. The van der Waals surface area contributed by atoms with Crippen molar-refractivity contribution in [3.05, 3.63) is 0 Å². The van der Waals surface area contributed by atoms with E-state index in [0.717, 1.165) is 6.26 Å². The summed E-state index contributed by atoms with van der Waals surface area (Å²) in [7, 11) is -3.90. The lowest BCUT2D eigenvalue weighted by Crippen LogP contribution is -2.66. The molecule has 0 bridgehead atoms. The molecule has 16 heavy (non-hydrogen) atoms. The molecule has 0 saturated carbocycles. The summed E-state index contributed by atoms with van der Waals surface area (Å²) in [6.45, 7) is -0.848. The second kappa shape index (κ2) is 4.15. The monoisotopic (exact) mass is 260 g/mol. The number of sulfonamides is 1. The fraction of sp³-hybridized carbons (Fsp3) is 1.00. The van der Waals surface area contributed by atoms with Gasteiger partial charge in [0.05, 0.1) is 6.26 Å². The summed E-state index contributed by atoms with van der Waals surface area (Å²) < 4.78 is 62.2. The molecule has 0 aromatic rings. The fourth-order valence-corrected chi connectivity index (χ4v) is 3.46. The average molecular weight is 260 g/mol. The Kier molecular flexibility index (Phi) is 3.56. The van der Waals surface area contributed by atoms with Gasteiger partial charge in [-0.15, -0.1) is 0 Å². The lowest BCUT2D eigenvalue weighted by Gasteiger charge is -2.45.